The van der Waals surface area contributed by atoms with E-state index in [9.17, 15) is 64.0 Å². The number of aromatic hydroxyl groups is 2. The number of hydrogen-bond donors (Lipinski definition) is 8. The molecule has 7 rings (SSSR count). The number of Topliss-reactive ketones (excluding diaryl/α,β-unsaturated/α-hetero) is 1. The molecule has 348 valence electrons. The summed E-state index contributed by atoms with van der Waals surface area (Å²) in [5, 5.41) is 58.3. The molecule has 0 saturated heterocycles. The number of non-ortho nitro benzene ring substituents is 1. The predicted molar refractivity (Wildman–Crippen MR) is 245 cm³/mol. The van der Waals surface area contributed by atoms with Crippen LogP contribution in [0.15, 0.2) is 156 Å². The summed E-state index contributed by atoms with van der Waals surface area (Å²) >= 11 is 0. The molecule has 6 aromatic rings. The first-order chi connectivity index (χ1) is 32.1. The van der Waals surface area contributed by atoms with Gasteiger partial charge in [0.2, 0.25) is 5.78 Å². The lowest BCUT2D eigenvalue weighted by Crippen LogP contribution is -2.27. The second-order valence-electron chi connectivity index (χ2n) is 14.0. The lowest BCUT2D eigenvalue weighted by Gasteiger charge is -2.18. The third kappa shape index (κ3) is 11.0. The molecule has 8 N–H and O–H groups in total. The molecule has 0 heterocycles. The molecule has 0 spiro atoms. The maximum absolute atomic E-state index is 13.9. The normalized spacial score (nSPS) is 13.6. The lowest BCUT2D eigenvalue weighted by atomic mass is 9.93. The van der Waals surface area contributed by atoms with Gasteiger partial charge in [-0.2, -0.15) is 35.5 Å². The second kappa shape index (κ2) is 18.8. The monoisotopic (exact) mass is 985 g/mol. The van der Waals surface area contributed by atoms with E-state index in [2.05, 4.69) is 41.6 Å². The number of fused-ring (bicyclic) bond motifs is 1. The number of carbonyl (C=O) groups excluding carboxylic acids is 1. The SMILES string of the molecule is COc1ccc(NN=C2C(=O)c3c(cc(S(=O)(=O)O)cc3N=Nc3ccc(Nc4ccc(N=Nc5ccc(Nc6ccc([N+](=O)[O-])cc6S(=O)(=O)O)cc5)c(O)c4)cc3O)C=C2S(=O)(=O)O)cc1. The fraction of sp³-hybridized carbons (Fsp3) is 0.0244. The van der Waals surface area contributed by atoms with Gasteiger partial charge in [0.1, 0.15) is 38.4 Å². The number of azo groups is 2. The van der Waals surface area contributed by atoms with Crippen molar-refractivity contribution in [3.05, 3.63) is 141 Å². The summed E-state index contributed by atoms with van der Waals surface area (Å²) in [6.07, 6.45) is 0.764. The molecule has 0 saturated carbocycles. The van der Waals surface area contributed by atoms with Gasteiger partial charge in [-0.1, -0.05) is 0 Å². The summed E-state index contributed by atoms with van der Waals surface area (Å²) in [5.41, 5.74) is 1.10. The van der Waals surface area contributed by atoms with E-state index < -0.39 is 84.2 Å². The van der Waals surface area contributed by atoms with Crippen LogP contribution in [-0.4, -0.2) is 72.7 Å². The van der Waals surface area contributed by atoms with E-state index in [0.717, 1.165) is 30.3 Å². The number of nitrogens with zero attached hydrogens (tertiary/aromatic N) is 6. The van der Waals surface area contributed by atoms with Gasteiger partial charge in [-0.3, -0.25) is 34.0 Å². The van der Waals surface area contributed by atoms with Gasteiger partial charge >= 0.3 is 0 Å². The molecule has 1 aliphatic rings. The molecule has 0 atom stereocenters. The summed E-state index contributed by atoms with van der Waals surface area (Å²) in [6.45, 7) is 0. The number of carbonyl (C=O) groups is 1. The van der Waals surface area contributed by atoms with Crippen LogP contribution in [0.5, 0.6) is 17.2 Å². The largest absolute Gasteiger partial charge is 0.506 e. The van der Waals surface area contributed by atoms with Gasteiger partial charge in [0, 0.05) is 41.3 Å². The molecule has 0 unspecified atom stereocenters. The number of nitro groups is 1. The third-order valence-corrected chi connectivity index (χ3v) is 12.0. The topological polar surface area (TPSA) is 371 Å². The molecular weight excluding hydrogens is 955 g/mol. The number of nitrogens with one attached hydrogen (secondary N) is 3. The Morgan fingerprint density at radius 3 is 1.74 bits per heavy atom. The summed E-state index contributed by atoms with van der Waals surface area (Å²) in [6, 6.07) is 24.7. The molecule has 68 heavy (non-hydrogen) atoms. The zero-order valence-corrected chi connectivity index (χ0v) is 36.7. The highest BCUT2D eigenvalue weighted by atomic mass is 32.2. The number of nitro benzene ring substituents is 1. The summed E-state index contributed by atoms with van der Waals surface area (Å²) in [7, 11) is -13.5. The first kappa shape index (κ1) is 47.5. The Kier molecular flexibility index (Phi) is 13.1. The highest BCUT2D eigenvalue weighted by Crippen LogP contribution is 2.39. The number of ketones is 1. The Morgan fingerprint density at radius 2 is 1.19 bits per heavy atom. The highest BCUT2D eigenvalue weighted by molar-refractivity contribution is 7.91. The van der Waals surface area contributed by atoms with Gasteiger partial charge < -0.3 is 25.6 Å². The third-order valence-electron chi connectivity index (χ3n) is 9.42. The van der Waals surface area contributed by atoms with Crippen molar-refractivity contribution in [3.63, 3.8) is 0 Å². The van der Waals surface area contributed by atoms with Crippen LogP contribution >= 0.6 is 0 Å². The molecule has 0 amide bonds. The number of anilines is 5. The van der Waals surface area contributed by atoms with Crippen molar-refractivity contribution in [1.29, 1.82) is 0 Å². The molecule has 6 aromatic carbocycles. The minimum absolute atomic E-state index is 0.0513. The Labute approximate surface area is 384 Å². The molecule has 0 radical (unpaired) electrons. The van der Waals surface area contributed by atoms with E-state index in [1.807, 2.05) is 0 Å². The van der Waals surface area contributed by atoms with Gasteiger partial charge in [-0.05, 0) is 103 Å². The molecule has 1 aliphatic carbocycles. The molecule has 27 heteroatoms. The quantitative estimate of drug-likeness (QED) is 0.0206. The number of ether oxygens (including phenoxy) is 1. The molecule has 0 aliphatic heterocycles. The summed E-state index contributed by atoms with van der Waals surface area (Å²) in [5.74, 6) is -1.45. The van der Waals surface area contributed by atoms with E-state index >= 15 is 0 Å². The van der Waals surface area contributed by atoms with Crippen LogP contribution in [0, 0.1) is 10.1 Å². The second-order valence-corrected chi connectivity index (χ2v) is 18.2. The zero-order chi connectivity index (χ0) is 49.1. The van der Waals surface area contributed by atoms with E-state index in [4.69, 9.17) is 4.74 Å². The Balaban J connectivity index is 1.07. The van der Waals surface area contributed by atoms with Crippen LogP contribution < -0.4 is 20.8 Å². The van der Waals surface area contributed by atoms with Crippen LogP contribution in [0.3, 0.4) is 0 Å². The smallest absolute Gasteiger partial charge is 0.296 e. The molecule has 24 nitrogen and oxygen atoms in total. The number of hydrazone groups is 1. The van der Waals surface area contributed by atoms with Crippen molar-refractivity contribution >= 4 is 105 Å². The molecule has 0 fully saturated rings. The van der Waals surface area contributed by atoms with E-state index in [-0.39, 0.29) is 39.7 Å². The number of rotatable bonds is 15. The minimum atomic E-state index is -5.16. The van der Waals surface area contributed by atoms with Gasteiger partial charge in [0.25, 0.3) is 36.0 Å². The fourth-order valence-electron chi connectivity index (χ4n) is 6.21. The van der Waals surface area contributed by atoms with Gasteiger partial charge in [-0.15, -0.1) is 15.3 Å². The maximum Gasteiger partial charge on any atom is 0.296 e. The van der Waals surface area contributed by atoms with Crippen LogP contribution in [-0.2, 0) is 30.4 Å². The summed E-state index contributed by atoms with van der Waals surface area (Å²) in [4.78, 5) is 21.7. The Hall–Kier alpha value is -8.47. The van der Waals surface area contributed by atoms with E-state index in [1.165, 1.54) is 79.9 Å². The van der Waals surface area contributed by atoms with E-state index in [1.54, 1.807) is 12.1 Å². The Morgan fingerprint density at radius 1 is 0.618 bits per heavy atom. The standard InChI is InChI=1S/C41H31N9O15S3/c1-65-29-11-6-25(7-12-29)45-49-40-38(68(62,63)64)17-22-16-30(66(56,57)58)21-34(39(22)41(40)53)48-47-32-14-9-27(19-36(32)52)42-26-8-13-31(35(51)18-26)46-44-24-4-2-23(3-5-24)43-33-15-10-28(50(54)55)20-37(33)67(59,60)61/h2-21,42-43,45,51-52H,1H3,(H,56,57,58)(H,59,60,61)(H,62,63,64). The zero-order valence-electron chi connectivity index (χ0n) is 34.3. The number of phenols is 2. The number of phenolic OH excluding ortho intramolecular Hbond substituents is 2. The maximum atomic E-state index is 13.9. The molecule has 0 bridgehead atoms. The number of benzene rings is 6. The Bertz CT molecular complexity index is 3510. The van der Waals surface area contributed by atoms with Gasteiger partial charge in [0.15, 0.2) is 5.71 Å². The minimum Gasteiger partial charge on any atom is -0.506 e. The summed E-state index contributed by atoms with van der Waals surface area (Å²) < 4.78 is 108. The number of allylic oxidation sites excluding steroid dienone is 1. The number of hydrogen-bond acceptors (Lipinski definition) is 20. The van der Waals surface area contributed by atoms with E-state index in [0.29, 0.717) is 28.9 Å². The van der Waals surface area contributed by atoms with Crippen molar-refractivity contribution < 1.29 is 63.6 Å². The highest BCUT2D eigenvalue weighted by Gasteiger charge is 2.36. The van der Waals surface area contributed by atoms with Crippen molar-refractivity contribution in [1.82, 2.24) is 0 Å². The fourth-order valence-corrected chi connectivity index (χ4v) is 8.07. The van der Waals surface area contributed by atoms with Crippen LogP contribution in [0.25, 0.3) is 6.08 Å². The van der Waals surface area contributed by atoms with Crippen LogP contribution in [0.4, 0.5) is 56.9 Å². The van der Waals surface area contributed by atoms with Crippen LogP contribution in [0.2, 0.25) is 0 Å². The molecule has 0 aromatic heterocycles. The predicted octanol–water partition coefficient (Wildman–Crippen LogP) is 8.72. The van der Waals surface area contributed by atoms with Gasteiger partial charge in [-0.25, -0.2) is 0 Å². The number of methoxy groups -OCH3 is 1. The average molecular weight is 986 g/mol. The lowest BCUT2D eigenvalue weighted by molar-refractivity contribution is -0.385. The first-order valence-electron chi connectivity index (χ1n) is 18.8. The van der Waals surface area contributed by atoms with Crippen molar-refractivity contribution in [2.45, 2.75) is 9.79 Å². The van der Waals surface area contributed by atoms with Crippen LogP contribution in [0.1, 0.15) is 15.9 Å². The molecular formula is C41H31N9O15S3. The van der Waals surface area contributed by atoms with Crippen molar-refractivity contribution in [2.75, 3.05) is 23.2 Å². The van der Waals surface area contributed by atoms with Crippen molar-refractivity contribution in [2.24, 2.45) is 25.6 Å². The first-order valence-corrected chi connectivity index (χ1v) is 23.2. The average Bonchev–Trinajstić information content (AvgIpc) is 3.27. The van der Waals surface area contributed by atoms with Gasteiger partial charge in [0.05, 0.1) is 45.2 Å². The van der Waals surface area contributed by atoms with Crippen molar-refractivity contribution in [3.8, 4) is 17.2 Å².